The van der Waals surface area contributed by atoms with Crippen LogP contribution in [0.2, 0.25) is 0 Å². The lowest BCUT2D eigenvalue weighted by Gasteiger charge is -2.51. The molecule has 0 aromatic heterocycles. The van der Waals surface area contributed by atoms with Crippen molar-refractivity contribution in [3.8, 4) is 0 Å². The van der Waals surface area contributed by atoms with E-state index in [2.05, 4.69) is 0 Å². The molecule has 0 saturated carbocycles. The largest absolute Gasteiger partial charge is 0.382 e. The first-order valence-electron chi connectivity index (χ1n) is 22.4. The first-order chi connectivity index (χ1) is 32.4. The van der Waals surface area contributed by atoms with Gasteiger partial charge >= 0.3 is 0 Å². The van der Waals surface area contributed by atoms with Crippen LogP contribution in [0, 0.1) is 0 Å². The molecule has 0 spiro atoms. The van der Waals surface area contributed by atoms with Crippen molar-refractivity contribution < 1.29 is 109 Å². The van der Waals surface area contributed by atoms with Crippen molar-refractivity contribution >= 4 is 0 Å². The summed E-state index contributed by atoms with van der Waals surface area (Å²) < 4.78 is 141. The molecule has 4 aliphatic heterocycles. The van der Waals surface area contributed by atoms with Crippen LogP contribution in [-0.2, 0) is 109 Å². The molecular formula is C44H82O23. The average Bonchev–Trinajstić information content (AvgIpc) is 3.33. The summed E-state index contributed by atoms with van der Waals surface area (Å²) in [4.78, 5) is 0. The van der Waals surface area contributed by atoms with E-state index in [1.807, 2.05) is 13.8 Å². The van der Waals surface area contributed by atoms with Gasteiger partial charge in [0.15, 0.2) is 25.2 Å². The third-order valence-electron chi connectivity index (χ3n) is 13.1. The van der Waals surface area contributed by atoms with Crippen LogP contribution in [0.4, 0.5) is 0 Å². The lowest BCUT2D eigenvalue weighted by atomic mass is 9.95. The summed E-state index contributed by atoms with van der Waals surface area (Å²) in [7, 11) is 23.3. The summed E-state index contributed by atoms with van der Waals surface area (Å²) in [6, 6.07) is 0. The van der Waals surface area contributed by atoms with E-state index in [0.717, 1.165) is 0 Å². The van der Waals surface area contributed by atoms with Crippen LogP contribution < -0.4 is 0 Å². The molecule has 0 aromatic carbocycles. The van der Waals surface area contributed by atoms with Gasteiger partial charge in [0.25, 0.3) is 0 Å². The maximum Gasteiger partial charge on any atom is 0.187 e. The Hall–Kier alpha value is -0.920. The monoisotopic (exact) mass is 979 g/mol. The summed E-state index contributed by atoms with van der Waals surface area (Å²) in [6.45, 7) is 4.37. The Kier molecular flexibility index (Phi) is 25.3. The van der Waals surface area contributed by atoms with Crippen LogP contribution in [0.5, 0.6) is 0 Å². The number of hydrogen-bond acceptors (Lipinski definition) is 23. The van der Waals surface area contributed by atoms with Gasteiger partial charge in [-0.15, -0.1) is 0 Å². The highest BCUT2D eigenvalue weighted by molar-refractivity contribution is 5.00. The maximum atomic E-state index is 6.92. The molecule has 0 amide bonds. The quantitative estimate of drug-likeness (QED) is 0.0981. The molecule has 0 unspecified atom stereocenters. The summed E-state index contributed by atoms with van der Waals surface area (Å²) in [5, 5.41) is 0. The Morgan fingerprint density at radius 2 is 0.746 bits per heavy atom. The van der Waals surface area contributed by atoms with Crippen LogP contribution in [0.15, 0.2) is 0 Å². The Morgan fingerprint density at radius 3 is 1.13 bits per heavy atom. The zero-order valence-electron chi connectivity index (χ0n) is 42.5. The third-order valence-corrected chi connectivity index (χ3v) is 13.1. The second-order valence-electron chi connectivity index (χ2n) is 16.7. The number of hydrogen-bond donors (Lipinski definition) is 0. The van der Waals surface area contributed by atoms with Gasteiger partial charge in [0.2, 0.25) is 0 Å². The predicted molar refractivity (Wildman–Crippen MR) is 232 cm³/mol. The molecule has 4 rings (SSSR count). The van der Waals surface area contributed by atoms with E-state index in [4.69, 9.17) is 109 Å². The van der Waals surface area contributed by atoms with E-state index in [9.17, 15) is 0 Å². The molecule has 396 valence electrons. The van der Waals surface area contributed by atoms with Crippen molar-refractivity contribution in [3.63, 3.8) is 0 Å². The standard InChI is InChI=1S/C44H82O23/c1-23-28(32(52-10)36(56-14)40(61-23)60-22-44(59-17,21-48-6)27(49-7)20-47-5)65-41-37(57-15)33(53-11)29(24(2)62-41)66-43-39(35(55-13)31(51-9)26(64-43)19-46-4)67-42-38(58-16)34(54-12)30(50-8)25(63-42)18-45-3/h23-43H,18-22H2,1-17H3/t23-,24-,25+,26+,27-,28-,29+,30-,31+,32+,33+,34-,35-,36+,37-,38+,39+,40-,41-,42+,43-,44+/m0/s1. The molecule has 67 heavy (non-hydrogen) atoms. The van der Waals surface area contributed by atoms with Crippen LogP contribution in [0.25, 0.3) is 0 Å². The summed E-state index contributed by atoms with van der Waals surface area (Å²) in [6.07, 6.45) is -16.3. The van der Waals surface area contributed by atoms with Crippen molar-refractivity contribution in [2.75, 3.05) is 140 Å². The smallest absolute Gasteiger partial charge is 0.187 e. The minimum Gasteiger partial charge on any atom is -0.382 e. The first-order valence-corrected chi connectivity index (χ1v) is 22.4. The minimum absolute atomic E-state index is 0.00132. The third kappa shape index (κ3) is 13.4. The average molecular weight is 979 g/mol. The SMILES string of the molecule is COC[C@H](OC)[C@@](COC)(CO[C@H]1O[C@@H](C)[C@H](O[C@@H]2O[C@@H](C)[C@@H](O[C@@H]3O[C@H](COC)[C@@H](OC)[C@H](OC)[C@H]3O[C@H]3O[C@H](COC)[C@H](OC)[C@H](OC)[C@H]3OC)[C@@H](OC)[C@@H]2OC)[C@@H](OC)[C@H]1OC)OC. The van der Waals surface area contributed by atoms with E-state index >= 15 is 0 Å². The van der Waals surface area contributed by atoms with Crippen molar-refractivity contribution in [1.82, 2.24) is 0 Å². The highest BCUT2D eigenvalue weighted by Gasteiger charge is 2.57. The molecule has 4 fully saturated rings. The molecule has 0 bridgehead atoms. The second-order valence-corrected chi connectivity index (χ2v) is 16.7. The Bertz CT molecular complexity index is 1340. The van der Waals surface area contributed by atoms with E-state index < -0.39 is 135 Å². The molecule has 23 nitrogen and oxygen atoms in total. The summed E-state index contributed by atoms with van der Waals surface area (Å²) >= 11 is 0. The van der Waals surface area contributed by atoms with Gasteiger partial charge < -0.3 is 109 Å². The zero-order chi connectivity index (χ0) is 49.4. The fourth-order valence-electron chi connectivity index (χ4n) is 9.66. The van der Waals surface area contributed by atoms with Crippen LogP contribution in [0.3, 0.4) is 0 Å². The second kappa shape index (κ2) is 28.9. The van der Waals surface area contributed by atoms with E-state index in [1.165, 1.54) is 21.3 Å². The number of ether oxygens (including phenoxy) is 23. The molecule has 4 heterocycles. The van der Waals surface area contributed by atoms with Gasteiger partial charge in [-0.05, 0) is 13.8 Å². The molecule has 0 aromatic rings. The van der Waals surface area contributed by atoms with E-state index in [0.29, 0.717) is 0 Å². The minimum atomic E-state index is -1.15. The van der Waals surface area contributed by atoms with Crippen molar-refractivity contribution in [1.29, 1.82) is 0 Å². The van der Waals surface area contributed by atoms with Gasteiger partial charge in [-0.2, -0.15) is 0 Å². The van der Waals surface area contributed by atoms with Crippen molar-refractivity contribution in [2.45, 2.75) is 148 Å². The fourth-order valence-corrected chi connectivity index (χ4v) is 9.66. The summed E-state index contributed by atoms with van der Waals surface area (Å²) in [5.41, 5.74) is -1.05. The highest BCUT2D eigenvalue weighted by atomic mass is 16.8. The normalized spacial score (nSPS) is 41.0. The molecule has 23 heteroatoms. The lowest BCUT2D eigenvalue weighted by molar-refractivity contribution is -0.398. The van der Waals surface area contributed by atoms with Gasteiger partial charge in [0.05, 0.1) is 45.2 Å². The molecule has 0 aliphatic carbocycles. The maximum absolute atomic E-state index is 6.92. The molecule has 0 N–H and O–H groups in total. The Morgan fingerprint density at radius 1 is 0.373 bits per heavy atom. The topological polar surface area (TPSA) is 212 Å². The molecular weight excluding hydrogens is 896 g/mol. The van der Waals surface area contributed by atoms with Gasteiger partial charge in [0, 0.05) is 107 Å². The highest BCUT2D eigenvalue weighted by Crippen LogP contribution is 2.39. The predicted octanol–water partition coefficient (Wildman–Crippen LogP) is 0.219. The Balaban J connectivity index is 1.61. The van der Waals surface area contributed by atoms with Crippen molar-refractivity contribution in [3.05, 3.63) is 0 Å². The molecule has 4 aliphatic rings. The van der Waals surface area contributed by atoms with Crippen LogP contribution in [-0.4, -0.2) is 274 Å². The van der Waals surface area contributed by atoms with Gasteiger partial charge in [0.1, 0.15) is 97.2 Å². The fraction of sp³-hybridized carbons (Fsp3) is 1.00. The van der Waals surface area contributed by atoms with Crippen LogP contribution in [0.1, 0.15) is 13.8 Å². The summed E-state index contributed by atoms with van der Waals surface area (Å²) in [5.74, 6) is 0. The van der Waals surface area contributed by atoms with Gasteiger partial charge in [-0.25, -0.2) is 0 Å². The Labute approximate surface area is 396 Å². The number of rotatable bonds is 29. The van der Waals surface area contributed by atoms with E-state index in [-0.39, 0.29) is 33.0 Å². The first kappa shape index (κ1) is 58.6. The lowest BCUT2D eigenvalue weighted by Crippen LogP contribution is -2.68. The van der Waals surface area contributed by atoms with Crippen molar-refractivity contribution in [2.24, 2.45) is 0 Å². The molecule has 22 atom stereocenters. The molecule has 0 radical (unpaired) electrons. The number of methoxy groups -OCH3 is 15. The zero-order valence-corrected chi connectivity index (χ0v) is 42.5. The van der Waals surface area contributed by atoms with Gasteiger partial charge in [-0.3, -0.25) is 0 Å². The van der Waals surface area contributed by atoms with E-state index in [1.54, 1.807) is 85.3 Å². The molecule has 4 saturated heterocycles. The van der Waals surface area contributed by atoms with Crippen LogP contribution >= 0.6 is 0 Å². The van der Waals surface area contributed by atoms with Gasteiger partial charge in [-0.1, -0.05) is 0 Å².